The van der Waals surface area contributed by atoms with E-state index in [4.69, 9.17) is 0 Å². The Kier molecular flexibility index (Phi) is 3.56. The van der Waals surface area contributed by atoms with Crippen molar-refractivity contribution in [3.63, 3.8) is 0 Å². The van der Waals surface area contributed by atoms with Crippen LogP contribution in [-0.4, -0.2) is 11.0 Å². The number of aryl methyl sites for hydroxylation is 3. The number of phenolic OH excluding ortho intramolecular Hbond substituents is 1. The van der Waals surface area contributed by atoms with E-state index in [1.165, 1.54) is 0 Å². The van der Waals surface area contributed by atoms with Crippen LogP contribution in [-0.2, 0) is 0 Å². The number of benzene rings is 2. The quantitative estimate of drug-likeness (QED) is 0.806. The van der Waals surface area contributed by atoms with E-state index in [9.17, 15) is 9.90 Å². The van der Waals surface area contributed by atoms with E-state index in [1.807, 2.05) is 39.0 Å². The van der Waals surface area contributed by atoms with Gasteiger partial charge in [-0.05, 0) is 56.7 Å². The summed E-state index contributed by atoms with van der Waals surface area (Å²) in [6.07, 6.45) is 0. The van der Waals surface area contributed by atoms with Crippen molar-refractivity contribution in [2.45, 2.75) is 20.8 Å². The third-order valence-electron chi connectivity index (χ3n) is 2.94. The van der Waals surface area contributed by atoms with Gasteiger partial charge >= 0.3 is 0 Å². The van der Waals surface area contributed by atoms with Crippen molar-refractivity contribution in [1.82, 2.24) is 0 Å². The van der Waals surface area contributed by atoms with Gasteiger partial charge in [0.15, 0.2) is 0 Å². The zero-order valence-electron chi connectivity index (χ0n) is 11.3. The lowest BCUT2D eigenvalue weighted by atomic mass is 10.1. The number of hydrogen-bond acceptors (Lipinski definition) is 2. The van der Waals surface area contributed by atoms with E-state index < -0.39 is 0 Å². The van der Waals surface area contributed by atoms with Crippen molar-refractivity contribution in [2.24, 2.45) is 0 Å². The number of anilines is 1. The van der Waals surface area contributed by atoms with Crippen molar-refractivity contribution in [2.75, 3.05) is 5.32 Å². The van der Waals surface area contributed by atoms with Gasteiger partial charge in [-0.25, -0.2) is 0 Å². The summed E-state index contributed by atoms with van der Waals surface area (Å²) in [6, 6.07) is 10.6. The highest BCUT2D eigenvalue weighted by molar-refractivity contribution is 6.04. The summed E-state index contributed by atoms with van der Waals surface area (Å²) >= 11 is 0. The lowest BCUT2D eigenvalue weighted by Crippen LogP contribution is -2.13. The molecule has 0 aliphatic heterocycles. The van der Waals surface area contributed by atoms with Crippen molar-refractivity contribution >= 4 is 11.6 Å². The van der Waals surface area contributed by atoms with Crippen LogP contribution in [0, 0.1) is 20.8 Å². The van der Waals surface area contributed by atoms with E-state index in [2.05, 4.69) is 5.32 Å². The van der Waals surface area contributed by atoms with Gasteiger partial charge in [-0.1, -0.05) is 17.2 Å². The normalized spacial score (nSPS) is 10.3. The van der Waals surface area contributed by atoms with E-state index in [0.29, 0.717) is 11.3 Å². The molecule has 0 saturated carbocycles. The highest BCUT2D eigenvalue weighted by Gasteiger charge is 2.09. The predicted octanol–water partition coefficient (Wildman–Crippen LogP) is 3.57. The molecule has 19 heavy (non-hydrogen) atoms. The predicted molar refractivity (Wildman–Crippen MR) is 76.7 cm³/mol. The van der Waals surface area contributed by atoms with Gasteiger partial charge in [-0.15, -0.1) is 0 Å². The van der Waals surface area contributed by atoms with Gasteiger partial charge in [-0.2, -0.15) is 0 Å². The van der Waals surface area contributed by atoms with Crippen LogP contribution >= 0.6 is 0 Å². The number of rotatable bonds is 2. The first-order valence-electron chi connectivity index (χ1n) is 6.15. The molecule has 0 unspecified atom stereocenters. The maximum atomic E-state index is 12.2. The molecule has 0 atom stereocenters. The third-order valence-corrected chi connectivity index (χ3v) is 2.94. The van der Waals surface area contributed by atoms with Crippen LogP contribution in [0.5, 0.6) is 5.75 Å². The van der Waals surface area contributed by atoms with Crippen LogP contribution in [0.4, 0.5) is 5.69 Å². The Morgan fingerprint density at radius 3 is 2.21 bits per heavy atom. The van der Waals surface area contributed by atoms with Crippen molar-refractivity contribution in [1.29, 1.82) is 0 Å². The number of aromatic hydroxyl groups is 1. The summed E-state index contributed by atoms with van der Waals surface area (Å²) in [5, 5.41) is 12.2. The third kappa shape index (κ3) is 3.13. The van der Waals surface area contributed by atoms with Crippen LogP contribution in [0.15, 0.2) is 36.4 Å². The number of carbonyl (C=O) groups excluding carboxylic acids is 1. The molecule has 3 nitrogen and oxygen atoms in total. The second-order valence-electron chi connectivity index (χ2n) is 4.83. The first kappa shape index (κ1) is 13.1. The molecule has 0 bridgehead atoms. The van der Waals surface area contributed by atoms with Gasteiger partial charge in [0.05, 0.1) is 0 Å². The summed E-state index contributed by atoms with van der Waals surface area (Å²) < 4.78 is 0. The molecule has 2 N–H and O–H groups in total. The molecule has 0 radical (unpaired) electrons. The van der Waals surface area contributed by atoms with Crippen LogP contribution < -0.4 is 5.32 Å². The molecule has 0 aliphatic carbocycles. The molecule has 0 spiro atoms. The molecule has 0 aromatic heterocycles. The number of carbonyl (C=O) groups is 1. The van der Waals surface area contributed by atoms with Gasteiger partial charge in [0.2, 0.25) is 0 Å². The molecule has 0 fully saturated rings. The molecule has 0 aliphatic rings. The Bertz CT molecular complexity index is 612. The van der Waals surface area contributed by atoms with Gasteiger partial charge < -0.3 is 10.4 Å². The Labute approximate surface area is 112 Å². The molecule has 2 aromatic carbocycles. The van der Waals surface area contributed by atoms with E-state index in [-0.39, 0.29) is 11.7 Å². The summed E-state index contributed by atoms with van der Waals surface area (Å²) in [7, 11) is 0. The average molecular weight is 255 g/mol. The minimum atomic E-state index is -0.138. The average Bonchev–Trinajstić information content (AvgIpc) is 2.31. The van der Waals surface area contributed by atoms with E-state index in [1.54, 1.807) is 18.2 Å². The van der Waals surface area contributed by atoms with Crippen molar-refractivity contribution in [3.8, 4) is 5.75 Å². The van der Waals surface area contributed by atoms with Gasteiger partial charge in [0.25, 0.3) is 5.91 Å². The minimum absolute atomic E-state index is 0.138. The Hall–Kier alpha value is -2.29. The molecule has 2 rings (SSSR count). The fourth-order valence-corrected chi connectivity index (χ4v) is 2.09. The second kappa shape index (κ2) is 5.14. The largest absolute Gasteiger partial charge is 0.508 e. The summed E-state index contributed by atoms with van der Waals surface area (Å²) in [5.41, 5.74) is 4.31. The van der Waals surface area contributed by atoms with E-state index in [0.717, 1.165) is 16.7 Å². The second-order valence-corrected chi connectivity index (χ2v) is 4.83. The summed E-state index contributed by atoms with van der Waals surface area (Å²) in [5.74, 6) is 0.0579. The maximum Gasteiger partial charge on any atom is 0.255 e. The Morgan fingerprint density at radius 2 is 1.63 bits per heavy atom. The molecular weight excluding hydrogens is 238 g/mol. The topological polar surface area (TPSA) is 49.3 Å². The van der Waals surface area contributed by atoms with E-state index >= 15 is 0 Å². The molecular formula is C16H17NO2. The minimum Gasteiger partial charge on any atom is -0.508 e. The SMILES string of the molecule is Cc1cc(C)cc(C(=O)Nc2ccc(O)cc2C)c1. The number of hydrogen-bond donors (Lipinski definition) is 2. The van der Waals surface area contributed by atoms with Crippen LogP contribution in [0.25, 0.3) is 0 Å². The monoisotopic (exact) mass is 255 g/mol. The molecule has 0 saturated heterocycles. The number of phenols is 1. The molecule has 3 heteroatoms. The van der Waals surface area contributed by atoms with Gasteiger partial charge in [-0.3, -0.25) is 4.79 Å². The lowest BCUT2D eigenvalue weighted by molar-refractivity contribution is 0.102. The molecule has 1 amide bonds. The zero-order valence-corrected chi connectivity index (χ0v) is 11.3. The van der Waals surface area contributed by atoms with Crippen molar-refractivity contribution < 1.29 is 9.90 Å². The number of nitrogens with one attached hydrogen (secondary N) is 1. The molecule has 98 valence electrons. The highest BCUT2D eigenvalue weighted by Crippen LogP contribution is 2.21. The van der Waals surface area contributed by atoms with Crippen molar-refractivity contribution in [3.05, 3.63) is 58.7 Å². The number of amides is 1. The summed E-state index contributed by atoms with van der Waals surface area (Å²) in [6.45, 7) is 5.78. The zero-order chi connectivity index (χ0) is 14.0. The van der Waals surface area contributed by atoms with Crippen LogP contribution in [0.3, 0.4) is 0 Å². The molecule has 0 heterocycles. The Morgan fingerprint density at radius 1 is 1.00 bits per heavy atom. The maximum absolute atomic E-state index is 12.2. The smallest absolute Gasteiger partial charge is 0.255 e. The summed E-state index contributed by atoms with van der Waals surface area (Å²) in [4.78, 5) is 12.2. The first-order chi connectivity index (χ1) is 8.95. The van der Waals surface area contributed by atoms with Gasteiger partial charge in [0, 0.05) is 11.3 Å². The molecule has 2 aromatic rings. The first-order valence-corrected chi connectivity index (χ1v) is 6.15. The highest BCUT2D eigenvalue weighted by atomic mass is 16.3. The van der Waals surface area contributed by atoms with Crippen LogP contribution in [0.2, 0.25) is 0 Å². The Balaban J connectivity index is 2.25. The van der Waals surface area contributed by atoms with Gasteiger partial charge in [0.1, 0.15) is 5.75 Å². The fourth-order valence-electron chi connectivity index (χ4n) is 2.09. The van der Waals surface area contributed by atoms with Crippen LogP contribution in [0.1, 0.15) is 27.0 Å². The standard InChI is InChI=1S/C16H17NO2/c1-10-6-11(2)8-13(7-10)16(19)17-15-5-4-14(18)9-12(15)3/h4-9,18H,1-3H3,(H,17,19). The lowest BCUT2D eigenvalue weighted by Gasteiger charge is -2.10. The fraction of sp³-hybridized carbons (Fsp3) is 0.188.